The van der Waals surface area contributed by atoms with Crippen LogP contribution in [0.5, 0.6) is 0 Å². The average molecular weight is 224 g/mol. The number of aryl methyl sites for hydroxylation is 1. The maximum Gasteiger partial charge on any atom is 0.310 e. The maximum atomic E-state index is 10.8. The number of nitrogens with one attached hydrogen (secondary N) is 1. The van der Waals surface area contributed by atoms with Gasteiger partial charge in [0, 0.05) is 7.05 Å². The Balaban J connectivity index is 2.12. The molecule has 2 heterocycles. The quantitative estimate of drug-likeness (QED) is 0.610. The van der Waals surface area contributed by atoms with Crippen LogP contribution in [0.3, 0.4) is 0 Å². The summed E-state index contributed by atoms with van der Waals surface area (Å²) >= 11 is 0. The van der Waals surface area contributed by atoms with Crippen molar-refractivity contribution < 1.29 is 4.92 Å². The molecular formula is C10H16N4O2. The molecule has 2 rings (SSSR count). The van der Waals surface area contributed by atoms with Crippen molar-refractivity contribution in [2.24, 2.45) is 13.0 Å². The van der Waals surface area contributed by atoms with Crippen molar-refractivity contribution in [3.63, 3.8) is 0 Å². The Morgan fingerprint density at radius 2 is 2.31 bits per heavy atom. The number of nitro groups is 1. The largest absolute Gasteiger partial charge is 0.317 e. The summed E-state index contributed by atoms with van der Waals surface area (Å²) in [6.07, 6.45) is 4.27. The van der Waals surface area contributed by atoms with E-state index in [9.17, 15) is 10.1 Å². The molecule has 1 fully saturated rings. The molecule has 16 heavy (non-hydrogen) atoms. The lowest BCUT2D eigenvalue weighted by molar-refractivity contribution is -0.385. The molecule has 0 bridgehead atoms. The fraction of sp³-hybridized carbons (Fsp3) is 0.700. The van der Waals surface area contributed by atoms with Crippen LogP contribution in [0, 0.1) is 16.0 Å². The summed E-state index contributed by atoms with van der Waals surface area (Å²) in [6.45, 7) is 2.02. The standard InChI is InChI=1S/C10H16N4O2/c1-13-9(10(7-12-13)14(15)16)6-8-2-4-11-5-3-8/h7-8,11H,2-6H2,1H3. The molecule has 1 aliphatic heterocycles. The zero-order chi connectivity index (χ0) is 11.5. The minimum absolute atomic E-state index is 0.154. The Morgan fingerprint density at radius 3 is 2.94 bits per heavy atom. The highest BCUT2D eigenvalue weighted by molar-refractivity contribution is 5.33. The minimum atomic E-state index is -0.344. The third-order valence-corrected chi connectivity index (χ3v) is 3.18. The first-order valence-corrected chi connectivity index (χ1v) is 5.54. The molecule has 1 aromatic rings. The number of hydrogen-bond donors (Lipinski definition) is 1. The van der Waals surface area contributed by atoms with Crippen molar-refractivity contribution in [2.45, 2.75) is 19.3 Å². The van der Waals surface area contributed by atoms with Gasteiger partial charge in [-0.05, 0) is 38.3 Å². The van der Waals surface area contributed by atoms with Crippen LogP contribution >= 0.6 is 0 Å². The maximum absolute atomic E-state index is 10.8. The summed E-state index contributed by atoms with van der Waals surface area (Å²) in [4.78, 5) is 10.5. The van der Waals surface area contributed by atoms with Crippen LogP contribution in [0.25, 0.3) is 0 Å². The van der Waals surface area contributed by atoms with Crippen LogP contribution < -0.4 is 5.32 Å². The summed E-state index contributed by atoms with van der Waals surface area (Å²) < 4.78 is 1.63. The van der Waals surface area contributed by atoms with Crippen molar-refractivity contribution >= 4 is 5.69 Å². The van der Waals surface area contributed by atoms with Gasteiger partial charge in [-0.25, -0.2) is 0 Å². The van der Waals surface area contributed by atoms with E-state index in [1.165, 1.54) is 6.20 Å². The third kappa shape index (κ3) is 2.21. The molecule has 1 aliphatic rings. The molecule has 6 nitrogen and oxygen atoms in total. The molecule has 0 spiro atoms. The molecule has 88 valence electrons. The van der Waals surface area contributed by atoms with E-state index in [4.69, 9.17) is 0 Å². The number of aromatic nitrogens is 2. The van der Waals surface area contributed by atoms with Crippen LogP contribution in [0.1, 0.15) is 18.5 Å². The highest BCUT2D eigenvalue weighted by atomic mass is 16.6. The first-order valence-electron chi connectivity index (χ1n) is 5.54. The van der Waals surface area contributed by atoms with Gasteiger partial charge in [0.25, 0.3) is 0 Å². The Morgan fingerprint density at radius 1 is 1.62 bits per heavy atom. The summed E-state index contributed by atoms with van der Waals surface area (Å²) in [5.41, 5.74) is 0.901. The lowest BCUT2D eigenvalue weighted by Gasteiger charge is -2.22. The zero-order valence-electron chi connectivity index (χ0n) is 9.35. The highest BCUT2D eigenvalue weighted by Gasteiger charge is 2.23. The molecule has 0 aliphatic carbocycles. The van der Waals surface area contributed by atoms with Gasteiger partial charge in [0.05, 0.1) is 4.92 Å². The minimum Gasteiger partial charge on any atom is -0.317 e. The first-order chi connectivity index (χ1) is 7.68. The predicted molar refractivity (Wildman–Crippen MR) is 59.2 cm³/mol. The van der Waals surface area contributed by atoms with Gasteiger partial charge < -0.3 is 5.32 Å². The van der Waals surface area contributed by atoms with Crippen LogP contribution in [0.4, 0.5) is 5.69 Å². The van der Waals surface area contributed by atoms with E-state index in [2.05, 4.69) is 10.4 Å². The molecule has 1 saturated heterocycles. The predicted octanol–water partition coefficient (Wildman–Crippen LogP) is 0.870. The van der Waals surface area contributed by atoms with E-state index < -0.39 is 0 Å². The molecule has 0 amide bonds. The van der Waals surface area contributed by atoms with Gasteiger partial charge in [0.1, 0.15) is 11.9 Å². The second-order valence-corrected chi connectivity index (χ2v) is 4.25. The number of nitrogens with zero attached hydrogens (tertiary/aromatic N) is 3. The van der Waals surface area contributed by atoms with Gasteiger partial charge >= 0.3 is 5.69 Å². The Kier molecular flexibility index (Phi) is 3.19. The van der Waals surface area contributed by atoms with Crippen molar-refractivity contribution in [2.75, 3.05) is 13.1 Å². The first kappa shape index (κ1) is 11.1. The lowest BCUT2D eigenvalue weighted by atomic mass is 9.93. The lowest BCUT2D eigenvalue weighted by Crippen LogP contribution is -2.29. The summed E-state index contributed by atoms with van der Waals surface area (Å²) in [6, 6.07) is 0. The SMILES string of the molecule is Cn1ncc([N+](=O)[O-])c1CC1CCNCC1. The molecule has 0 saturated carbocycles. The van der Waals surface area contributed by atoms with Gasteiger partial charge in [-0.15, -0.1) is 0 Å². The van der Waals surface area contributed by atoms with E-state index in [1.54, 1.807) is 11.7 Å². The molecule has 1 N–H and O–H groups in total. The van der Waals surface area contributed by atoms with Crippen LogP contribution in [0.15, 0.2) is 6.20 Å². The van der Waals surface area contributed by atoms with Gasteiger partial charge in [-0.3, -0.25) is 14.8 Å². The van der Waals surface area contributed by atoms with Crippen molar-refractivity contribution in [3.05, 3.63) is 22.0 Å². The molecule has 1 aromatic heterocycles. The number of piperidine rings is 1. The molecule has 0 atom stereocenters. The number of hydrogen-bond acceptors (Lipinski definition) is 4. The van der Waals surface area contributed by atoms with E-state index in [0.717, 1.165) is 38.0 Å². The Labute approximate surface area is 93.8 Å². The Hall–Kier alpha value is -1.43. The second-order valence-electron chi connectivity index (χ2n) is 4.25. The van der Waals surface area contributed by atoms with Crippen LogP contribution in [0.2, 0.25) is 0 Å². The van der Waals surface area contributed by atoms with E-state index in [1.807, 2.05) is 0 Å². The van der Waals surface area contributed by atoms with Crippen LogP contribution in [-0.2, 0) is 13.5 Å². The van der Waals surface area contributed by atoms with Crippen molar-refractivity contribution in [1.29, 1.82) is 0 Å². The van der Waals surface area contributed by atoms with Gasteiger partial charge in [-0.2, -0.15) is 5.10 Å². The van der Waals surface area contributed by atoms with Crippen LogP contribution in [-0.4, -0.2) is 27.8 Å². The molecular weight excluding hydrogens is 208 g/mol. The van der Waals surface area contributed by atoms with E-state index in [-0.39, 0.29) is 10.6 Å². The average Bonchev–Trinajstić information content (AvgIpc) is 2.62. The van der Waals surface area contributed by atoms with Crippen molar-refractivity contribution in [1.82, 2.24) is 15.1 Å². The molecule has 0 aromatic carbocycles. The van der Waals surface area contributed by atoms with Gasteiger partial charge in [0.2, 0.25) is 0 Å². The summed E-state index contributed by atoms with van der Waals surface area (Å²) in [7, 11) is 1.77. The number of rotatable bonds is 3. The smallest absolute Gasteiger partial charge is 0.310 e. The molecule has 0 radical (unpaired) electrons. The fourth-order valence-electron chi connectivity index (χ4n) is 2.20. The fourth-order valence-corrected chi connectivity index (χ4v) is 2.20. The zero-order valence-corrected chi connectivity index (χ0v) is 9.35. The summed E-state index contributed by atoms with van der Waals surface area (Å²) in [5, 5.41) is 18.1. The molecule has 6 heteroatoms. The van der Waals surface area contributed by atoms with E-state index in [0.29, 0.717) is 5.92 Å². The third-order valence-electron chi connectivity index (χ3n) is 3.18. The normalized spacial score (nSPS) is 17.6. The monoisotopic (exact) mass is 224 g/mol. The van der Waals surface area contributed by atoms with E-state index >= 15 is 0 Å². The van der Waals surface area contributed by atoms with Crippen molar-refractivity contribution in [3.8, 4) is 0 Å². The summed E-state index contributed by atoms with van der Waals surface area (Å²) in [5.74, 6) is 0.537. The molecule has 0 unspecified atom stereocenters. The topological polar surface area (TPSA) is 73.0 Å². The Bertz CT molecular complexity index is 382. The highest BCUT2D eigenvalue weighted by Crippen LogP contribution is 2.24. The second kappa shape index (κ2) is 4.61. The van der Waals surface area contributed by atoms with Gasteiger partial charge in [-0.1, -0.05) is 0 Å². The van der Waals surface area contributed by atoms with Gasteiger partial charge in [0.15, 0.2) is 0 Å².